The van der Waals surface area contributed by atoms with Crippen LogP contribution in [0, 0.1) is 0 Å². The van der Waals surface area contributed by atoms with Crippen LogP contribution in [0.1, 0.15) is 17.2 Å². The smallest absolute Gasteiger partial charge is 0.419 e. The number of rotatable bonds is 3. The number of quaternary nitrogens is 1. The van der Waals surface area contributed by atoms with Gasteiger partial charge in [0.2, 0.25) is 0 Å². The number of halogens is 3. The normalized spacial score (nSPS) is 16.6. The first-order chi connectivity index (χ1) is 12.8. The van der Waals surface area contributed by atoms with Gasteiger partial charge in [-0.3, -0.25) is 9.59 Å². The molecule has 10 heteroatoms. The molecule has 0 radical (unpaired) electrons. The van der Waals surface area contributed by atoms with E-state index in [9.17, 15) is 22.8 Å². The highest BCUT2D eigenvalue weighted by molar-refractivity contribution is 5.99. The first-order valence-electron chi connectivity index (χ1n) is 7.80. The Morgan fingerprint density at radius 3 is 2.56 bits per heavy atom. The Balaban J connectivity index is 1.94. The van der Waals surface area contributed by atoms with Crippen molar-refractivity contribution in [1.82, 2.24) is 5.32 Å². The number of alkyl halides is 3. The number of amides is 2. The number of hydrogen-bond donors (Lipinski definition) is 4. The Bertz CT molecular complexity index is 869. The number of fused-ring (bicyclic) bond motifs is 1. The molecule has 0 fully saturated rings. The first kappa shape index (κ1) is 18.7. The van der Waals surface area contributed by atoms with Gasteiger partial charge in [0.15, 0.2) is 12.3 Å². The van der Waals surface area contributed by atoms with Crippen molar-refractivity contribution in [1.29, 1.82) is 0 Å². The van der Waals surface area contributed by atoms with Gasteiger partial charge in [-0.05, 0) is 18.2 Å². The zero-order valence-corrected chi connectivity index (χ0v) is 13.7. The number of nitrogens with one attached hydrogen (secondary N) is 2. The molecule has 2 aromatic carbocycles. The molecule has 3 rings (SSSR count). The summed E-state index contributed by atoms with van der Waals surface area (Å²) in [5.41, 5.74) is 0.581. The van der Waals surface area contributed by atoms with E-state index in [4.69, 9.17) is 9.94 Å². The maximum atomic E-state index is 13.2. The van der Waals surface area contributed by atoms with Crippen LogP contribution in [0.4, 0.5) is 24.5 Å². The number of hydrogen-bond acceptors (Lipinski definition) is 4. The van der Waals surface area contributed by atoms with E-state index in [2.05, 4.69) is 10.6 Å². The van der Waals surface area contributed by atoms with Crippen molar-refractivity contribution in [2.45, 2.75) is 12.2 Å². The van der Waals surface area contributed by atoms with Crippen molar-refractivity contribution in [2.24, 2.45) is 0 Å². The van der Waals surface area contributed by atoms with Gasteiger partial charge in [-0.2, -0.15) is 18.7 Å². The number of ether oxygens (including phenoxy) is 1. The highest BCUT2D eigenvalue weighted by Gasteiger charge is 2.39. The summed E-state index contributed by atoms with van der Waals surface area (Å²) in [7, 11) is 0. The van der Waals surface area contributed by atoms with Crippen LogP contribution in [0.15, 0.2) is 42.5 Å². The average Bonchev–Trinajstić information content (AvgIpc) is 2.80. The molecule has 2 aromatic rings. The lowest BCUT2D eigenvalue weighted by Crippen LogP contribution is -2.73. The molecule has 0 bridgehead atoms. The Morgan fingerprint density at radius 2 is 1.93 bits per heavy atom. The van der Waals surface area contributed by atoms with E-state index in [1.54, 1.807) is 0 Å². The van der Waals surface area contributed by atoms with E-state index in [1.165, 1.54) is 30.3 Å². The van der Waals surface area contributed by atoms with Gasteiger partial charge in [-0.15, -0.1) is 0 Å². The second-order valence-corrected chi connectivity index (χ2v) is 5.75. The summed E-state index contributed by atoms with van der Waals surface area (Å²) in [5, 5.41) is 13.8. The van der Waals surface area contributed by atoms with Crippen LogP contribution in [0.3, 0.4) is 0 Å². The second-order valence-electron chi connectivity index (χ2n) is 5.75. The van der Waals surface area contributed by atoms with Crippen LogP contribution in [-0.2, 0) is 15.8 Å². The van der Waals surface area contributed by atoms with Crippen molar-refractivity contribution < 1.29 is 38.2 Å². The molecule has 0 saturated heterocycles. The van der Waals surface area contributed by atoms with Gasteiger partial charge in [0, 0.05) is 23.4 Å². The number of nitrogens with two attached hydrogens (primary N) is 1. The molecule has 1 aliphatic heterocycles. The molecular formula is C17H15F3N3O4+. The fourth-order valence-electron chi connectivity index (χ4n) is 2.66. The number of carbonyl (C=O) groups excluding carboxylic acids is 2. The average molecular weight is 382 g/mol. The minimum absolute atomic E-state index is 0.0894. The van der Waals surface area contributed by atoms with E-state index in [1.807, 2.05) is 0 Å². The van der Waals surface area contributed by atoms with Crippen LogP contribution in [-0.4, -0.2) is 23.6 Å². The Hall–Kier alpha value is -3.11. The van der Waals surface area contributed by atoms with E-state index in [-0.39, 0.29) is 5.56 Å². The standard InChI is InChI=1S/C17H14F3N3O4/c18-17(19,20)12-3-1-2-11-14(22-13(24)8-27-15(11)12)16(25)21-9-4-6-10(23-26)7-5-9/h1-7,14,23,26H,8H2,(H,21,25)(H,22,24)/p+1. The Kier molecular flexibility index (Phi) is 5.02. The van der Waals surface area contributed by atoms with E-state index in [0.29, 0.717) is 11.4 Å². The van der Waals surface area contributed by atoms with Gasteiger partial charge >= 0.3 is 6.18 Å². The fraction of sp³-hybridized carbons (Fsp3) is 0.176. The lowest BCUT2D eigenvalue weighted by atomic mass is 10.0. The Morgan fingerprint density at radius 1 is 1.22 bits per heavy atom. The number of anilines is 1. The van der Waals surface area contributed by atoms with Crippen LogP contribution in [0.2, 0.25) is 0 Å². The molecule has 27 heavy (non-hydrogen) atoms. The van der Waals surface area contributed by atoms with Gasteiger partial charge < -0.3 is 15.4 Å². The van der Waals surface area contributed by atoms with Crippen molar-refractivity contribution in [3.8, 4) is 5.75 Å². The summed E-state index contributed by atoms with van der Waals surface area (Å²) in [4.78, 5) is 24.5. The topological polar surface area (TPSA) is 104 Å². The molecule has 0 saturated carbocycles. The lowest BCUT2D eigenvalue weighted by Gasteiger charge is -2.19. The molecule has 2 amide bonds. The molecule has 5 N–H and O–H groups in total. The van der Waals surface area contributed by atoms with Crippen LogP contribution in [0.25, 0.3) is 0 Å². The Labute approximate surface area is 151 Å². The highest BCUT2D eigenvalue weighted by Crippen LogP contribution is 2.41. The summed E-state index contributed by atoms with van der Waals surface area (Å²) < 4.78 is 44.8. The third kappa shape index (κ3) is 4.01. The zero-order chi connectivity index (χ0) is 19.6. The van der Waals surface area contributed by atoms with E-state index in [0.717, 1.165) is 17.6 Å². The summed E-state index contributed by atoms with van der Waals surface area (Å²) in [5.74, 6) is -1.99. The van der Waals surface area contributed by atoms with Crippen molar-refractivity contribution in [3.05, 3.63) is 53.6 Å². The van der Waals surface area contributed by atoms with Crippen molar-refractivity contribution >= 4 is 23.2 Å². The summed E-state index contributed by atoms with van der Waals surface area (Å²) >= 11 is 0. The fourth-order valence-corrected chi connectivity index (χ4v) is 2.66. The van der Waals surface area contributed by atoms with Gasteiger partial charge in [0.1, 0.15) is 11.8 Å². The third-order valence-corrected chi connectivity index (χ3v) is 3.90. The molecule has 1 atom stereocenters. The minimum Gasteiger partial charge on any atom is -0.483 e. The minimum atomic E-state index is -4.70. The first-order valence-corrected chi connectivity index (χ1v) is 7.80. The molecule has 0 spiro atoms. The van der Waals surface area contributed by atoms with Gasteiger partial charge in [0.05, 0.1) is 5.56 Å². The maximum absolute atomic E-state index is 13.2. The molecule has 1 heterocycles. The molecule has 0 aliphatic carbocycles. The monoisotopic (exact) mass is 382 g/mol. The molecule has 142 valence electrons. The third-order valence-electron chi connectivity index (χ3n) is 3.90. The predicted octanol–water partition coefficient (Wildman–Crippen LogP) is 1.48. The lowest BCUT2D eigenvalue weighted by molar-refractivity contribution is -0.825. The second kappa shape index (κ2) is 7.25. The highest BCUT2D eigenvalue weighted by atomic mass is 19.4. The maximum Gasteiger partial charge on any atom is 0.419 e. The van der Waals surface area contributed by atoms with E-state index >= 15 is 0 Å². The molecule has 0 aromatic heterocycles. The zero-order valence-electron chi connectivity index (χ0n) is 13.7. The molecule has 1 unspecified atom stereocenters. The van der Waals surface area contributed by atoms with Crippen LogP contribution < -0.4 is 20.9 Å². The number of benzene rings is 2. The van der Waals surface area contributed by atoms with Gasteiger partial charge in [-0.1, -0.05) is 12.1 Å². The number of carbonyl (C=O) groups is 2. The van der Waals surface area contributed by atoms with Crippen molar-refractivity contribution in [2.75, 3.05) is 11.9 Å². The SMILES string of the molecule is O=C1COc2c(cccc2C(F)(F)F)C(C(=O)Nc2ccc([NH2+]O)cc2)N1. The summed E-state index contributed by atoms with van der Waals surface area (Å²) in [6.45, 7) is -0.634. The molecule has 7 nitrogen and oxygen atoms in total. The van der Waals surface area contributed by atoms with E-state index < -0.39 is 42.0 Å². The quantitative estimate of drug-likeness (QED) is 0.477. The summed E-state index contributed by atoms with van der Waals surface area (Å²) in [6.07, 6.45) is -4.70. The van der Waals surface area contributed by atoms with Crippen molar-refractivity contribution in [3.63, 3.8) is 0 Å². The molecular weight excluding hydrogens is 367 g/mol. The van der Waals surface area contributed by atoms with Crippen LogP contribution in [0.5, 0.6) is 5.75 Å². The van der Waals surface area contributed by atoms with Gasteiger partial charge in [0.25, 0.3) is 11.8 Å². The van der Waals surface area contributed by atoms with Crippen LogP contribution >= 0.6 is 0 Å². The number of para-hydroxylation sites is 1. The van der Waals surface area contributed by atoms with Gasteiger partial charge in [-0.25, -0.2) is 5.21 Å². The predicted molar refractivity (Wildman–Crippen MR) is 86.3 cm³/mol. The summed E-state index contributed by atoms with van der Waals surface area (Å²) in [6, 6.07) is 7.97. The largest absolute Gasteiger partial charge is 0.483 e. The molecule has 1 aliphatic rings.